The third-order valence-electron chi connectivity index (χ3n) is 3.33. The van der Waals surface area contributed by atoms with Crippen LogP contribution in [0.4, 0.5) is 5.82 Å². The first-order valence-electron chi connectivity index (χ1n) is 6.23. The lowest BCUT2D eigenvalue weighted by Crippen LogP contribution is -2.35. The van der Waals surface area contributed by atoms with E-state index in [0.29, 0.717) is 6.67 Å². The van der Waals surface area contributed by atoms with E-state index in [1.165, 1.54) is 5.56 Å². The average molecular weight is 240 g/mol. The molecule has 2 aromatic rings. The van der Waals surface area contributed by atoms with Crippen LogP contribution < -0.4 is 10.6 Å². The summed E-state index contributed by atoms with van der Waals surface area (Å²) >= 11 is 0. The van der Waals surface area contributed by atoms with Crippen LogP contribution in [0.1, 0.15) is 12.0 Å². The van der Waals surface area contributed by atoms with Gasteiger partial charge in [0.2, 0.25) is 0 Å². The Hall–Kier alpha value is -1.94. The van der Waals surface area contributed by atoms with E-state index in [1.807, 2.05) is 18.5 Å². The number of hydrogen-bond donors (Lipinski definition) is 1. The van der Waals surface area contributed by atoms with Crippen LogP contribution in [0.25, 0.3) is 11.1 Å². The molecule has 1 aliphatic rings. The van der Waals surface area contributed by atoms with E-state index in [1.54, 1.807) is 6.20 Å². The molecule has 2 N–H and O–H groups in total. The fraction of sp³-hybridized carbons (Fsp3) is 0.286. The van der Waals surface area contributed by atoms with E-state index in [-0.39, 0.29) is 0 Å². The van der Waals surface area contributed by atoms with Crippen molar-refractivity contribution in [3.05, 3.63) is 42.4 Å². The molecule has 3 rings (SSSR count). The van der Waals surface area contributed by atoms with Crippen molar-refractivity contribution in [3.63, 3.8) is 0 Å². The van der Waals surface area contributed by atoms with Gasteiger partial charge in [-0.05, 0) is 30.5 Å². The Kier molecular flexibility index (Phi) is 2.94. The number of anilines is 1. The summed E-state index contributed by atoms with van der Waals surface area (Å²) in [7, 11) is 0. The van der Waals surface area contributed by atoms with Crippen molar-refractivity contribution in [2.45, 2.75) is 12.8 Å². The highest BCUT2D eigenvalue weighted by Gasteiger charge is 2.17. The highest BCUT2D eigenvalue weighted by molar-refractivity contribution is 5.65. The maximum absolute atomic E-state index is 5.74. The Bertz CT molecular complexity index is 539. The molecular formula is C14H16N4. The third kappa shape index (κ3) is 1.95. The van der Waals surface area contributed by atoms with Gasteiger partial charge in [-0.2, -0.15) is 0 Å². The van der Waals surface area contributed by atoms with Gasteiger partial charge in [-0.25, -0.2) is 4.98 Å². The molecule has 0 unspecified atom stereocenters. The molecular weight excluding hydrogens is 224 g/mol. The molecule has 0 radical (unpaired) electrons. The van der Waals surface area contributed by atoms with Crippen LogP contribution in [0, 0.1) is 0 Å². The van der Waals surface area contributed by atoms with E-state index >= 15 is 0 Å². The number of nitrogens with zero attached hydrogens (tertiary/aromatic N) is 3. The Morgan fingerprint density at radius 1 is 1.28 bits per heavy atom. The second-order valence-electron chi connectivity index (χ2n) is 4.50. The van der Waals surface area contributed by atoms with E-state index in [9.17, 15) is 0 Å². The normalized spacial score (nSPS) is 14.4. The van der Waals surface area contributed by atoms with Crippen molar-refractivity contribution >= 4 is 5.82 Å². The fourth-order valence-electron chi connectivity index (χ4n) is 2.41. The minimum atomic E-state index is 0.534. The Morgan fingerprint density at radius 3 is 3.00 bits per heavy atom. The molecule has 0 saturated carbocycles. The van der Waals surface area contributed by atoms with E-state index in [0.717, 1.165) is 36.3 Å². The van der Waals surface area contributed by atoms with Gasteiger partial charge in [0, 0.05) is 36.3 Å². The number of nitrogens with two attached hydrogens (primary N) is 1. The SMILES string of the molecule is NCN1CCCc2cc(-c3cccnc3)cnc21. The molecule has 1 aliphatic heterocycles. The van der Waals surface area contributed by atoms with Crippen molar-refractivity contribution < 1.29 is 0 Å². The highest BCUT2D eigenvalue weighted by Crippen LogP contribution is 2.28. The summed E-state index contributed by atoms with van der Waals surface area (Å²) in [4.78, 5) is 10.8. The van der Waals surface area contributed by atoms with Crippen LogP contribution in [-0.4, -0.2) is 23.2 Å². The molecule has 0 aromatic carbocycles. The zero-order chi connectivity index (χ0) is 12.4. The first-order valence-corrected chi connectivity index (χ1v) is 6.23. The molecule has 0 spiro atoms. The molecule has 4 nitrogen and oxygen atoms in total. The van der Waals surface area contributed by atoms with Crippen molar-refractivity contribution in [2.24, 2.45) is 5.73 Å². The van der Waals surface area contributed by atoms with Gasteiger partial charge < -0.3 is 10.6 Å². The second kappa shape index (κ2) is 4.74. The zero-order valence-electron chi connectivity index (χ0n) is 10.2. The van der Waals surface area contributed by atoms with Crippen molar-refractivity contribution in [2.75, 3.05) is 18.1 Å². The van der Waals surface area contributed by atoms with Crippen molar-refractivity contribution in [1.29, 1.82) is 0 Å². The zero-order valence-corrected chi connectivity index (χ0v) is 10.2. The molecule has 0 fully saturated rings. The summed E-state index contributed by atoms with van der Waals surface area (Å²) in [6.45, 7) is 1.54. The molecule has 2 aromatic heterocycles. The first-order chi connectivity index (χ1) is 8.88. The summed E-state index contributed by atoms with van der Waals surface area (Å²) in [5.41, 5.74) is 9.26. The number of rotatable bonds is 2. The lowest BCUT2D eigenvalue weighted by molar-refractivity contribution is 0.686. The molecule has 0 saturated heterocycles. The summed E-state index contributed by atoms with van der Waals surface area (Å²) in [6, 6.07) is 6.21. The summed E-state index contributed by atoms with van der Waals surface area (Å²) in [5.74, 6) is 1.04. The number of pyridine rings is 2. The van der Waals surface area contributed by atoms with Gasteiger partial charge >= 0.3 is 0 Å². The van der Waals surface area contributed by atoms with E-state index in [4.69, 9.17) is 5.73 Å². The van der Waals surface area contributed by atoms with Gasteiger partial charge in [0.15, 0.2) is 0 Å². The lowest BCUT2D eigenvalue weighted by Gasteiger charge is -2.28. The molecule has 0 amide bonds. The van der Waals surface area contributed by atoms with Gasteiger partial charge in [0.05, 0.1) is 6.67 Å². The Balaban J connectivity index is 2.01. The van der Waals surface area contributed by atoms with Gasteiger partial charge in [-0.15, -0.1) is 0 Å². The van der Waals surface area contributed by atoms with Crippen LogP contribution in [0.5, 0.6) is 0 Å². The van der Waals surface area contributed by atoms with Gasteiger partial charge in [0.25, 0.3) is 0 Å². The molecule has 0 aliphatic carbocycles. The summed E-state index contributed by atoms with van der Waals surface area (Å²) in [6.07, 6.45) is 7.78. The Morgan fingerprint density at radius 2 is 2.22 bits per heavy atom. The third-order valence-corrected chi connectivity index (χ3v) is 3.33. The predicted molar refractivity (Wildman–Crippen MR) is 72.2 cm³/mol. The quantitative estimate of drug-likeness (QED) is 0.869. The molecule has 0 bridgehead atoms. The van der Waals surface area contributed by atoms with Crippen molar-refractivity contribution in [1.82, 2.24) is 9.97 Å². The van der Waals surface area contributed by atoms with Crippen LogP contribution in [0.2, 0.25) is 0 Å². The molecule has 4 heteroatoms. The van der Waals surface area contributed by atoms with Crippen molar-refractivity contribution in [3.8, 4) is 11.1 Å². The number of hydrogen-bond acceptors (Lipinski definition) is 4. The van der Waals surface area contributed by atoms with Gasteiger partial charge in [-0.1, -0.05) is 6.07 Å². The minimum Gasteiger partial charge on any atom is -0.344 e. The van der Waals surface area contributed by atoms with E-state index < -0.39 is 0 Å². The predicted octanol–water partition coefficient (Wildman–Crippen LogP) is 1.81. The first kappa shape index (κ1) is 11.2. The van der Waals surface area contributed by atoms with E-state index in [2.05, 4.69) is 27.0 Å². The largest absolute Gasteiger partial charge is 0.344 e. The monoisotopic (exact) mass is 240 g/mol. The minimum absolute atomic E-state index is 0.534. The maximum Gasteiger partial charge on any atom is 0.132 e. The smallest absolute Gasteiger partial charge is 0.132 e. The molecule has 3 heterocycles. The van der Waals surface area contributed by atoms with Crippen LogP contribution in [0.15, 0.2) is 36.8 Å². The standard InChI is InChI=1S/C14H16N4/c15-10-18-6-2-4-11-7-13(9-17-14(11)18)12-3-1-5-16-8-12/h1,3,5,7-9H,2,4,6,10,15H2. The maximum atomic E-state index is 5.74. The summed E-state index contributed by atoms with van der Waals surface area (Å²) in [5, 5.41) is 0. The molecule has 0 atom stereocenters. The fourth-order valence-corrected chi connectivity index (χ4v) is 2.41. The summed E-state index contributed by atoms with van der Waals surface area (Å²) < 4.78 is 0. The number of aryl methyl sites for hydroxylation is 1. The molecule has 18 heavy (non-hydrogen) atoms. The van der Waals surface area contributed by atoms with Crippen LogP contribution >= 0.6 is 0 Å². The van der Waals surface area contributed by atoms with Crippen LogP contribution in [-0.2, 0) is 6.42 Å². The lowest BCUT2D eigenvalue weighted by atomic mass is 10.0. The Labute approximate surface area is 106 Å². The number of fused-ring (bicyclic) bond motifs is 1. The second-order valence-corrected chi connectivity index (χ2v) is 4.50. The average Bonchev–Trinajstić information content (AvgIpc) is 2.47. The van der Waals surface area contributed by atoms with Crippen LogP contribution in [0.3, 0.4) is 0 Å². The molecule has 92 valence electrons. The van der Waals surface area contributed by atoms with Gasteiger partial charge in [-0.3, -0.25) is 4.98 Å². The number of aromatic nitrogens is 2. The van der Waals surface area contributed by atoms with Gasteiger partial charge in [0.1, 0.15) is 5.82 Å². The highest BCUT2D eigenvalue weighted by atomic mass is 15.2. The topological polar surface area (TPSA) is 55.0 Å².